The van der Waals surface area contributed by atoms with Crippen molar-refractivity contribution >= 4 is 82.6 Å². The first-order chi connectivity index (χ1) is 25.8. The molecule has 4 heteroatoms. The fourth-order valence-electron chi connectivity index (χ4n) is 8.28. The Hall–Kier alpha value is -7.04. The minimum Gasteiger partial charge on any atom is -0.456 e. The van der Waals surface area contributed by atoms with E-state index in [-0.39, 0.29) is 0 Å². The van der Waals surface area contributed by atoms with Gasteiger partial charge in [-0.3, -0.25) is 0 Å². The molecule has 4 nitrogen and oxygen atoms in total. The van der Waals surface area contributed by atoms with Crippen LogP contribution in [0.3, 0.4) is 0 Å². The first kappa shape index (κ1) is 28.8. The minimum atomic E-state index is 0.868. The van der Waals surface area contributed by atoms with Gasteiger partial charge in [-0.25, -0.2) is 0 Å². The normalized spacial score (nSPS) is 11.8. The number of hydrogen-bond acceptors (Lipinski definition) is 2. The van der Waals surface area contributed by atoms with Crippen LogP contribution < -0.4 is 4.90 Å². The topological polar surface area (TPSA) is 26.2 Å². The first-order valence-electron chi connectivity index (χ1n) is 17.7. The van der Waals surface area contributed by atoms with Crippen LogP contribution in [-0.4, -0.2) is 9.13 Å². The van der Waals surface area contributed by atoms with Gasteiger partial charge >= 0.3 is 0 Å². The molecular formula is C48H31N3O. The van der Waals surface area contributed by atoms with Crippen molar-refractivity contribution in [2.24, 2.45) is 0 Å². The van der Waals surface area contributed by atoms with Crippen LogP contribution in [0.1, 0.15) is 0 Å². The van der Waals surface area contributed by atoms with Crippen molar-refractivity contribution in [3.63, 3.8) is 0 Å². The largest absolute Gasteiger partial charge is 0.456 e. The summed E-state index contributed by atoms with van der Waals surface area (Å²) in [6, 6.07) is 67.2. The molecule has 11 aromatic rings. The van der Waals surface area contributed by atoms with Gasteiger partial charge in [-0.2, -0.15) is 0 Å². The number of fused-ring (bicyclic) bond motifs is 9. The van der Waals surface area contributed by atoms with Crippen LogP contribution in [0.25, 0.3) is 76.9 Å². The molecule has 52 heavy (non-hydrogen) atoms. The molecule has 0 bridgehead atoms. The molecule has 0 saturated heterocycles. The van der Waals surface area contributed by atoms with Crippen molar-refractivity contribution in [1.29, 1.82) is 0 Å². The second-order valence-electron chi connectivity index (χ2n) is 13.4. The molecule has 11 rings (SSSR count). The quantitative estimate of drug-likeness (QED) is 0.183. The summed E-state index contributed by atoms with van der Waals surface area (Å²) in [5, 5.41) is 7.12. The van der Waals surface area contributed by atoms with Crippen molar-refractivity contribution in [3.8, 4) is 11.4 Å². The lowest BCUT2D eigenvalue weighted by molar-refractivity contribution is 0.669. The molecule has 0 aliphatic carbocycles. The Kier molecular flexibility index (Phi) is 6.22. The number of benzene rings is 8. The molecule has 0 unspecified atom stereocenters. The fourth-order valence-corrected chi connectivity index (χ4v) is 8.28. The Morgan fingerprint density at radius 1 is 0.346 bits per heavy atom. The van der Waals surface area contributed by atoms with Crippen LogP contribution in [-0.2, 0) is 0 Å². The zero-order valence-corrected chi connectivity index (χ0v) is 28.1. The van der Waals surface area contributed by atoms with Gasteiger partial charge in [0.1, 0.15) is 11.2 Å². The Bertz CT molecular complexity index is 3080. The maximum absolute atomic E-state index is 6.41. The molecule has 8 aromatic carbocycles. The lowest BCUT2D eigenvalue weighted by Gasteiger charge is -2.27. The summed E-state index contributed by atoms with van der Waals surface area (Å²) in [6.07, 6.45) is 0. The third kappa shape index (κ3) is 4.21. The average Bonchev–Trinajstić information content (AvgIpc) is 3.87. The highest BCUT2D eigenvalue weighted by Crippen LogP contribution is 2.45. The summed E-state index contributed by atoms with van der Waals surface area (Å²) >= 11 is 0. The van der Waals surface area contributed by atoms with E-state index in [9.17, 15) is 0 Å². The maximum atomic E-state index is 6.41. The van der Waals surface area contributed by atoms with Gasteiger partial charge in [-0.15, -0.1) is 0 Å². The average molecular weight is 666 g/mol. The number of furan rings is 1. The van der Waals surface area contributed by atoms with Gasteiger partial charge in [0.15, 0.2) is 0 Å². The highest BCUT2D eigenvalue weighted by atomic mass is 16.3. The predicted octanol–water partition coefficient (Wildman–Crippen LogP) is 13.2. The van der Waals surface area contributed by atoms with Gasteiger partial charge in [0.2, 0.25) is 0 Å². The molecule has 0 amide bonds. The molecule has 0 spiro atoms. The van der Waals surface area contributed by atoms with Crippen LogP contribution in [0.4, 0.5) is 17.1 Å². The van der Waals surface area contributed by atoms with Gasteiger partial charge in [0, 0.05) is 49.7 Å². The molecule has 0 aliphatic rings. The van der Waals surface area contributed by atoms with Crippen LogP contribution in [0.5, 0.6) is 0 Å². The van der Waals surface area contributed by atoms with Crippen molar-refractivity contribution in [3.05, 3.63) is 188 Å². The van der Waals surface area contributed by atoms with Gasteiger partial charge in [-0.1, -0.05) is 97.1 Å². The van der Waals surface area contributed by atoms with E-state index < -0.39 is 0 Å². The van der Waals surface area contributed by atoms with Crippen LogP contribution in [0.15, 0.2) is 192 Å². The fraction of sp³-hybridized carbons (Fsp3) is 0. The second-order valence-corrected chi connectivity index (χ2v) is 13.4. The van der Waals surface area contributed by atoms with E-state index in [2.05, 4.69) is 196 Å². The van der Waals surface area contributed by atoms with Crippen LogP contribution in [0, 0.1) is 0 Å². The molecule has 244 valence electrons. The highest BCUT2D eigenvalue weighted by Gasteiger charge is 2.22. The van der Waals surface area contributed by atoms with Gasteiger partial charge in [-0.05, 0) is 91.0 Å². The molecular weight excluding hydrogens is 635 g/mol. The smallest absolute Gasteiger partial charge is 0.137 e. The number of aromatic nitrogens is 2. The Balaban J connectivity index is 1.15. The second kappa shape index (κ2) is 11.2. The predicted molar refractivity (Wildman–Crippen MR) is 217 cm³/mol. The van der Waals surface area contributed by atoms with Gasteiger partial charge < -0.3 is 18.5 Å². The van der Waals surface area contributed by atoms with Crippen molar-refractivity contribution in [2.75, 3.05) is 4.90 Å². The lowest BCUT2D eigenvalue weighted by Crippen LogP contribution is -2.10. The third-order valence-corrected chi connectivity index (χ3v) is 10.5. The van der Waals surface area contributed by atoms with Gasteiger partial charge in [0.25, 0.3) is 0 Å². The molecule has 0 atom stereocenters. The van der Waals surface area contributed by atoms with Gasteiger partial charge in [0.05, 0.1) is 33.1 Å². The van der Waals surface area contributed by atoms with Crippen molar-refractivity contribution < 1.29 is 4.42 Å². The van der Waals surface area contributed by atoms with Crippen molar-refractivity contribution in [1.82, 2.24) is 9.13 Å². The molecule has 0 fully saturated rings. The number of para-hydroxylation sites is 5. The SMILES string of the molecule is c1ccc(-n2c3ccccc3c3cc(N(c4ccc(-n5c6ccccc6c6ccccc65)cc4)c4cccc5oc6ccccc6c45)ccc32)cc1. The van der Waals surface area contributed by atoms with Crippen LogP contribution >= 0.6 is 0 Å². The summed E-state index contributed by atoms with van der Waals surface area (Å²) in [7, 11) is 0. The minimum absolute atomic E-state index is 0.868. The summed E-state index contributed by atoms with van der Waals surface area (Å²) in [4.78, 5) is 2.38. The standard InChI is InChI=1S/C48H31N3O/c1-2-13-32(14-3-1)50-43-21-10-6-17-38(43)40-31-35(29-30-44(40)50)49(45-22-12-24-47-48(45)39-18-7-11-23-46(39)52-47)33-25-27-34(28-26-33)51-41-19-8-4-15-36(41)37-16-5-9-20-42(37)51/h1-31H. The number of anilines is 3. The van der Waals surface area contributed by atoms with E-state index in [1.165, 1.54) is 43.6 Å². The Morgan fingerprint density at radius 2 is 0.846 bits per heavy atom. The molecule has 0 radical (unpaired) electrons. The summed E-state index contributed by atoms with van der Waals surface area (Å²) in [6.45, 7) is 0. The Labute approximate surface area is 299 Å². The zero-order chi connectivity index (χ0) is 34.2. The monoisotopic (exact) mass is 665 g/mol. The number of rotatable bonds is 5. The molecule has 3 heterocycles. The van der Waals surface area contributed by atoms with Crippen molar-refractivity contribution in [2.45, 2.75) is 0 Å². The van der Waals surface area contributed by atoms with Crippen LogP contribution in [0.2, 0.25) is 0 Å². The third-order valence-electron chi connectivity index (χ3n) is 10.5. The first-order valence-corrected chi connectivity index (χ1v) is 17.7. The van der Waals surface area contributed by atoms with E-state index in [0.29, 0.717) is 0 Å². The summed E-state index contributed by atoms with van der Waals surface area (Å²) in [5.74, 6) is 0. The lowest BCUT2D eigenvalue weighted by atomic mass is 10.1. The molecule has 3 aromatic heterocycles. The van der Waals surface area contributed by atoms with E-state index in [0.717, 1.165) is 50.4 Å². The summed E-state index contributed by atoms with van der Waals surface area (Å²) in [5.41, 5.74) is 12.0. The molecule has 0 saturated carbocycles. The summed E-state index contributed by atoms with van der Waals surface area (Å²) < 4.78 is 11.1. The van der Waals surface area contributed by atoms with E-state index in [1.54, 1.807) is 0 Å². The number of nitrogens with zero attached hydrogens (tertiary/aromatic N) is 3. The van der Waals surface area contributed by atoms with E-state index in [1.807, 2.05) is 6.07 Å². The maximum Gasteiger partial charge on any atom is 0.137 e. The van der Waals surface area contributed by atoms with E-state index >= 15 is 0 Å². The Morgan fingerprint density at radius 3 is 1.52 bits per heavy atom. The zero-order valence-electron chi connectivity index (χ0n) is 28.1. The highest BCUT2D eigenvalue weighted by molar-refractivity contribution is 6.15. The molecule has 0 N–H and O–H groups in total. The number of hydrogen-bond donors (Lipinski definition) is 0. The van der Waals surface area contributed by atoms with E-state index in [4.69, 9.17) is 4.42 Å². The molecule has 0 aliphatic heterocycles.